The molecule has 0 bridgehead atoms. The summed E-state index contributed by atoms with van der Waals surface area (Å²) in [5.41, 5.74) is 0. The number of hydrogen-bond donors (Lipinski definition) is 2. The number of rotatable bonds is 24. The predicted octanol–water partition coefficient (Wildman–Crippen LogP) is 4.48. The molecule has 200 valence electrons. The van der Waals surface area contributed by atoms with Crippen LogP contribution in [0.4, 0.5) is 0 Å². The topological polar surface area (TPSA) is 115 Å². The Bertz CT molecular complexity index is 600. The third kappa shape index (κ3) is 24.7. The Kier molecular flexibility index (Phi) is 19.8. The fraction of sp³-hybridized carbons (Fsp3) is 1.00. The monoisotopic (exact) mass is 514 g/mol. The highest BCUT2D eigenvalue weighted by Crippen LogP contribution is 2.09. The quantitative estimate of drug-likeness (QED) is 0.143. The zero-order chi connectivity index (χ0) is 25.0. The van der Waals surface area contributed by atoms with E-state index in [-0.39, 0.29) is 11.5 Å². The zero-order valence-corrected chi connectivity index (χ0v) is 22.7. The van der Waals surface area contributed by atoms with Gasteiger partial charge in [-0.1, -0.05) is 78.1 Å². The Morgan fingerprint density at radius 1 is 0.455 bits per heavy atom. The van der Waals surface area contributed by atoms with Crippen LogP contribution in [0.3, 0.4) is 0 Å². The molecule has 0 aromatic heterocycles. The average Bonchev–Trinajstić information content (AvgIpc) is 2.72. The molecule has 0 unspecified atom stereocenters. The molecule has 0 radical (unpaired) electrons. The third-order valence-corrected chi connectivity index (χ3v) is 7.33. The van der Waals surface area contributed by atoms with Gasteiger partial charge in [0.05, 0.1) is 11.5 Å². The van der Waals surface area contributed by atoms with Gasteiger partial charge in [-0.05, 0) is 45.4 Å². The van der Waals surface area contributed by atoms with E-state index in [2.05, 4.69) is 23.6 Å². The van der Waals surface area contributed by atoms with Gasteiger partial charge in [0.2, 0.25) is 0 Å². The first-order valence-electron chi connectivity index (χ1n) is 12.9. The van der Waals surface area contributed by atoms with E-state index in [0.717, 1.165) is 45.2 Å². The minimum absolute atomic E-state index is 0.271. The second-order valence-corrected chi connectivity index (χ2v) is 12.3. The van der Waals surface area contributed by atoms with Crippen LogP contribution in [0.1, 0.15) is 97.3 Å². The molecule has 0 atom stereocenters. The highest BCUT2D eigenvalue weighted by atomic mass is 32.2. The van der Waals surface area contributed by atoms with E-state index >= 15 is 0 Å². The second kappa shape index (κ2) is 20.0. The summed E-state index contributed by atoms with van der Waals surface area (Å²) >= 11 is 0. The standard InChI is InChI=1S/C23H50N2O6S2/c1-3-5-7-9-11-13-16-24(20-22-32(26,27)28)18-15-19-25(21-23-33(29,30)31)17-14-12-10-8-6-4-2/h3-23H2,1-2H3,(H,26,27,28)(H,29,30,31). The van der Waals surface area contributed by atoms with Crippen LogP contribution in [-0.4, -0.2) is 86.5 Å². The molecule has 2 N–H and O–H groups in total. The molecule has 8 nitrogen and oxygen atoms in total. The van der Waals surface area contributed by atoms with Gasteiger partial charge in [-0.2, -0.15) is 16.8 Å². The van der Waals surface area contributed by atoms with Gasteiger partial charge in [0.25, 0.3) is 20.2 Å². The molecule has 33 heavy (non-hydrogen) atoms. The second-order valence-electron chi connectivity index (χ2n) is 9.14. The first-order chi connectivity index (χ1) is 15.6. The summed E-state index contributed by atoms with van der Waals surface area (Å²) in [6, 6.07) is 0. The van der Waals surface area contributed by atoms with Gasteiger partial charge in [-0.25, -0.2) is 0 Å². The Morgan fingerprint density at radius 3 is 1.09 bits per heavy atom. The highest BCUT2D eigenvalue weighted by Gasteiger charge is 2.14. The summed E-state index contributed by atoms with van der Waals surface area (Å²) in [6.07, 6.45) is 14.7. The Morgan fingerprint density at radius 2 is 0.758 bits per heavy atom. The van der Waals surface area contributed by atoms with Crippen molar-refractivity contribution in [3.05, 3.63) is 0 Å². The van der Waals surface area contributed by atoms with Crippen molar-refractivity contribution in [2.24, 2.45) is 0 Å². The lowest BCUT2D eigenvalue weighted by Crippen LogP contribution is -2.35. The normalized spacial score (nSPS) is 12.8. The molecule has 0 saturated heterocycles. The Labute approximate surface area is 204 Å². The molecular weight excluding hydrogens is 464 g/mol. The average molecular weight is 515 g/mol. The number of hydrogen-bond acceptors (Lipinski definition) is 6. The molecule has 0 aliphatic rings. The van der Waals surface area contributed by atoms with Crippen molar-refractivity contribution < 1.29 is 25.9 Å². The Hall–Kier alpha value is -0.260. The summed E-state index contributed by atoms with van der Waals surface area (Å²) in [4.78, 5) is 4.17. The minimum atomic E-state index is -4.00. The number of nitrogens with zero attached hydrogens (tertiary/aromatic N) is 2. The molecule has 0 amide bonds. The summed E-state index contributed by atoms with van der Waals surface area (Å²) in [6.45, 7) is 7.96. The van der Waals surface area contributed by atoms with E-state index in [1.165, 1.54) is 51.4 Å². The van der Waals surface area contributed by atoms with Crippen LogP contribution in [0, 0.1) is 0 Å². The summed E-state index contributed by atoms with van der Waals surface area (Å²) in [5.74, 6) is -0.542. The molecule has 0 spiro atoms. The molecular formula is C23H50N2O6S2. The van der Waals surface area contributed by atoms with Crippen molar-refractivity contribution in [2.75, 3.05) is 50.8 Å². The Balaban J connectivity index is 4.55. The lowest BCUT2D eigenvalue weighted by molar-refractivity contribution is 0.231. The van der Waals surface area contributed by atoms with Gasteiger partial charge in [-0.15, -0.1) is 0 Å². The lowest BCUT2D eigenvalue weighted by atomic mass is 10.1. The minimum Gasteiger partial charge on any atom is -0.302 e. The maximum Gasteiger partial charge on any atom is 0.266 e. The van der Waals surface area contributed by atoms with E-state index in [1.54, 1.807) is 0 Å². The van der Waals surface area contributed by atoms with Crippen molar-refractivity contribution >= 4 is 20.2 Å². The van der Waals surface area contributed by atoms with E-state index in [9.17, 15) is 16.8 Å². The fourth-order valence-corrected chi connectivity index (χ4v) is 4.89. The van der Waals surface area contributed by atoms with Gasteiger partial charge in [0.1, 0.15) is 0 Å². The lowest BCUT2D eigenvalue weighted by Gasteiger charge is -2.25. The van der Waals surface area contributed by atoms with E-state index in [4.69, 9.17) is 9.11 Å². The largest absolute Gasteiger partial charge is 0.302 e. The van der Waals surface area contributed by atoms with Gasteiger partial charge in [0, 0.05) is 13.1 Å². The molecule has 0 aromatic carbocycles. The number of unbranched alkanes of at least 4 members (excludes halogenated alkanes) is 10. The third-order valence-electron chi connectivity index (χ3n) is 5.94. The van der Waals surface area contributed by atoms with Crippen molar-refractivity contribution in [2.45, 2.75) is 97.3 Å². The summed E-state index contributed by atoms with van der Waals surface area (Å²) < 4.78 is 63.0. The van der Waals surface area contributed by atoms with Crippen molar-refractivity contribution in [3.63, 3.8) is 0 Å². The molecule has 0 rings (SSSR count). The van der Waals surface area contributed by atoms with Crippen LogP contribution in [-0.2, 0) is 20.2 Å². The van der Waals surface area contributed by atoms with Gasteiger partial charge in [-0.3, -0.25) is 9.11 Å². The first-order valence-corrected chi connectivity index (χ1v) is 16.1. The molecule has 0 aliphatic carbocycles. The molecule has 10 heteroatoms. The van der Waals surface area contributed by atoms with Gasteiger partial charge >= 0.3 is 0 Å². The highest BCUT2D eigenvalue weighted by molar-refractivity contribution is 7.86. The van der Waals surface area contributed by atoms with E-state index < -0.39 is 20.2 Å². The first kappa shape index (κ1) is 32.7. The van der Waals surface area contributed by atoms with Gasteiger partial charge in [0.15, 0.2) is 0 Å². The fourth-order valence-electron chi connectivity index (χ4n) is 3.91. The molecule has 0 saturated carbocycles. The molecule has 0 fully saturated rings. The molecule has 0 heterocycles. The van der Waals surface area contributed by atoms with Crippen molar-refractivity contribution in [1.29, 1.82) is 0 Å². The van der Waals surface area contributed by atoms with Crippen LogP contribution < -0.4 is 0 Å². The maximum atomic E-state index is 11.2. The SMILES string of the molecule is CCCCCCCCN(CCCN(CCCCCCCC)CCS(=O)(=O)O)CCS(=O)(=O)O. The summed E-state index contributed by atoms with van der Waals surface area (Å²) in [5, 5.41) is 0. The van der Waals surface area contributed by atoms with Gasteiger partial charge < -0.3 is 9.80 Å². The molecule has 0 aromatic rings. The van der Waals surface area contributed by atoms with Crippen LogP contribution in [0.5, 0.6) is 0 Å². The van der Waals surface area contributed by atoms with Crippen LogP contribution in [0.15, 0.2) is 0 Å². The maximum absolute atomic E-state index is 11.2. The van der Waals surface area contributed by atoms with Crippen LogP contribution in [0.25, 0.3) is 0 Å². The summed E-state index contributed by atoms with van der Waals surface area (Å²) in [7, 11) is -7.99. The van der Waals surface area contributed by atoms with E-state index in [0.29, 0.717) is 26.2 Å². The zero-order valence-electron chi connectivity index (χ0n) is 21.1. The van der Waals surface area contributed by atoms with Crippen molar-refractivity contribution in [3.8, 4) is 0 Å². The van der Waals surface area contributed by atoms with Crippen LogP contribution >= 0.6 is 0 Å². The smallest absolute Gasteiger partial charge is 0.266 e. The van der Waals surface area contributed by atoms with E-state index in [1.807, 2.05) is 0 Å². The predicted molar refractivity (Wildman–Crippen MR) is 137 cm³/mol. The van der Waals surface area contributed by atoms with Crippen LogP contribution in [0.2, 0.25) is 0 Å². The van der Waals surface area contributed by atoms with Crippen molar-refractivity contribution in [1.82, 2.24) is 9.80 Å². The molecule has 0 aliphatic heterocycles.